The van der Waals surface area contributed by atoms with Gasteiger partial charge in [-0.15, -0.1) is 0 Å². The summed E-state index contributed by atoms with van der Waals surface area (Å²) < 4.78 is 9.20. The Labute approximate surface area is 145 Å². The van der Waals surface area contributed by atoms with Crippen LogP contribution in [0.5, 0.6) is 0 Å². The smallest absolute Gasteiger partial charge is 0.376 e. The Bertz CT molecular complexity index is 907. The SMILES string of the molecule is CB(O)N1CCOC(c2cc(N)n3ncc(-c4cnn(C)c4)c3n2)C1. The van der Waals surface area contributed by atoms with Gasteiger partial charge >= 0.3 is 7.05 Å². The molecule has 0 aliphatic carbocycles. The molecular weight excluding hydrogens is 321 g/mol. The van der Waals surface area contributed by atoms with Crippen molar-refractivity contribution in [1.29, 1.82) is 0 Å². The van der Waals surface area contributed by atoms with Crippen LogP contribution in [-0.4, -0.2) is 61.0 Å². The summed E-state index contributed by atoms with van der Waals surface area (Å²) in [4.78, 5) is 6.70. The molecule has 1 fully saturated rings. The van der Waals surface area contributed by atoms with Crippen LogP contribution in [0.2, 0.25) is 6.82 Å². The molecule has 1 saturated heterocycles. The Hall–Kier alpha value is -2.43. The second-order valence-corrected chi connectivity index (χ2v) is 6.29. The third-order valence-corrected chi connectivity index (χ3v) is 4.49. The fourth-order valence-corrected chi connectivity index (χ4v) is 3.12. The third-order valence-electron chi connectivity index (χ3n) is 4.49. The van der Waals surface area contributed by atoms with E-state index in [2.05, 4.69) is 10.2 Å². The number of aryl methyl sites for hydroxylation is 1. The van der Waals surface area contributed by atoms with Crippen molar-refractivity contribution in [2.24, 2.45) is 7.05 Å². The minimum Gasteiger partial charge on any atom is -0.437 e. The summed E-state index contributed by atoms with van der Waals surface area (Å²) >= 11 is 0. The van der Waals surface area contributed by atoms with Crippen LogP contribution in [0.3, 0.4) is 0 Å². The summed E-state index contributed by atoms with van der Waals surface area (Å²) in [6.45, 7) is 3.55. The van der Waals surface area contributed by atoms with Crippen LogP contribution in [0.1, 0.15) is 11.8 Å². The summed E-state index contributed by atoms with van der Waals surface area (Å²) in [6, 6.07) is 1.78. The maximum absolute atomic E-state index is 9.83. The molecule has 25 heavy (non-hydrogen) atoms. The van der Waals surface area contributed by atoms with Gasteiger partial charge in [-0.1, -0.05) is 0 Å². The zero-order valence-electron chi connectivity index (χ0n) is 14.2. The highest BCUT2D eigenvalue weighted by atomic mass is 16.5. The lowest BCUT2D eigenvalue weighted by molar-refractivity contribution is -0.0103. The van der Waals surface area contributed by atoms with Crippen LogP contribution >= 0.6 is 0 Å². The lowest BCUT2D eigenvalue weighted by Crippen LogP contribution is -2.46. The number of fused-ring (bicyclic) bond motifs is 1. The highest BCUT2D eigenvalue weighted by molar-refractivity contribution is 6.45. The molecule has 3 N–H and O–H groups in total. The van der Waals surface area contributed by atoms with Crippen LogP contribution in [-0.2, 0) is 11.8 Å². The average molecular weight is 341 g/mol. The first-order chi connectivity index (χ1) is 12.0. The number of rotatable bonds is 3. The van der Waals surface area contributed by atoms with E-state index in [1.807, 2.05) is 18.1 Å². The number of anilines is 1. The highest BCUT2D eigenvalue weighted by Crippen LogP contribution is 2.28. The predicted molar refractivity (Wildman–Crippen MR) is 93.7 cm³/mol. The van der Waals surface area contributed by atoms with Gasteiger partial charge in [-0.2, -0.15) is 14.7 Å². The van der Waals surface area contributed by atoms with Crippen LogP contribution in [0.4, 0.5) is 5.82 Å². The van der Waals surface area contributed by atoms with E-state index < -0.39 is 7.05 Å². The van der Waals surface area contributed by atoms with Gasteiger partial charge in [0.2, 0.25) is 0 Å². The average Bonchev–Trinajstić information content (AvgIpc) is 3.21. The number of aromatic nitrogens is 5. The van der Waals surface area contributed by atoms with Gasteiger partial charge in [0, 0.05) is 43.5 Å². The second-order valence-electron chi connectivity index (χ2n) is 6.29. The molecule has 1 aliphatic rings. The lowest BCUT2D eigenvalue weighted by atomic mass is 9.84. The van der Waals surface area contributed by atoms with E-state index >= 15 is 0 Å². The minimum atomic E-state index is -0.520. The number of morpholine rings is 1. The molecule has 10 heteroatoms. The molecule has 130 valence electrons. The Morgan fingerprint density at radius 1 is 1.36 bits per heavy atom. The highest BCUT2D eigenvalue weighted by Gasteiger charge is 2.28. The standard InChI is InChI=1S/C15H20BN7O2/c1-16(24)22-3-4-25-13(9-22)12-5-14(17)23-15(20-12)11(7-19-23)10-6-18-21(2)8-10/h5-8,13,24H,3-4,9,17H2,1-2H3. The molecule has 0 amide bonds. The monoisotopic (exact) mass is 341 g/mol. The quantitative estimate of drug-likeness (QED) is 0.655. The Morgan fingerprint density at radius 3 is 2.92 bits per heavy atom. The summed E-state index contributed by atoms with van der Waals surface area (Å²) in [5, 5.41) is 18.4. The molecule has 0 spiro atoms. The van der Waals surface area contributed by atoms with Crippen molar-refractivity contribution in [3.05, 3.63) is 30.4 Å². The van der Waals surface area contributed by atoms with Gasteiger partial charge in [-0.05, 0) is 6.82 Å². The maximum Gasteiger partial charge on any atom is 0.376 e. The van der Waals surface area contributed by atoms with Gasteiger partial charge in [0.15, 0.2) is 5.65 Å². The van der Waals surface area contributed by atoms with Crippen molar-refractivity contribution in [2.75, 3.05) is 25.4 Å². The van der Waals surface area contributed by atoms with Crippen LogP contribution in [0.15, 0.2) is 24.7 Å². The molecular formula is C15H20BN7O2. The van der Waals surface area contributed by atoms with Crippen molar-refractivity contribution in [3.8, 4) is 11.1 Å². The van der Waals surface area contributed by atoms with Gasteiger partial charge in [-0.25, -0.2) is 4.98 Å². The minimum absolute atomic E-state index is 0.243. The molecule has 4 heterocycles. The maximum atomic E-state index is 9.83. The van der Waals surface area contributed by atoms with E-state index in [9.17, 15) is 5.02 Å². The van der Waals surface area contributed by atoms with Crippen molar-refractivity contribution in [2.45, 2.75) is 12.9 Å². The van der Waals surface area contributed by atoms with Gasteiger partial charge in [0.05, 0.1) is 24.7 Å². The Morgan fingerprint density at radius 2 is 2.20 bits per heavy atom. The van der Waals surface area contributed by atoms with Gasteiger partial charge < -0.3 is 20.3 Å². The fraction of sp³-hybridized carbons (Fsp3) is 0.400. The first kappa shape index (κ1) is 16.1. The first-order valence-electron chi connectivity index (χ1n) is 8.20. The molecule has 1 aliphatic heterocycles. The van der Waals surface area contributed by atoms with Crippen LogP contribution in [0, 0.1) is 0 Å². The predicted octanol–water partition coefficient (Wildman–Crippen LogP) is 0.196. The van der Waals surface area contributed by atoms with E-state index in [0.29, 0.717) is 31.2 Å². The molecule has 0 saturated carbocycles. The largest absolute Gasteiger partial charge is 0.437 e. The third kappa shape index (κ3) is 2.88. The van der Waals surface area contributed by atoms with Crippen molar-refractivity contribution < 1.29 is 9.76 Å². The molecule has 0 bridgehead atoms. The molecule has 9 nitrogen and oxygen atoms in total. The van der Waals surface area contributed by atoms with E-state index in [-0.39, 0.29) is 6.10 Å². The number of hydrogen-bond acceptors (Lipinski definition) is 7. The molecule has 1 atom stereocenters. The number of hydrogen-bond donors (Lipinski definition) is 2. The van der Waals surface area contributed by atoms with E-state index in [1.54, 1.807) is 34.5 Å². The van der Waals surface area contributed by atoms with Crippen LogP contribution in [0.25, 0.3) is 16.8 Å². The van der Waals surface area contributed by atoms with Gasteiger partial charge in [-0.3, -0.25) is 4.68 Å². The lowest BCUT2D eigenvalue weighted by Gasteiger charge is -2.33. The molecule has 0 radical (unpaired) electrons. The Kier molecular flexibility index (Phi) is 3.94. The van der Waals surface area contributed by atoms with Gasteiger partial charge in [0.25, 0.3) is 0 Å². The first-order valence-corrected chi connectivity index (χ1v) is 8.20. The summed E-state index contributed by atoms with van der Waals surface area (Å²) in [6.07, 6.45) is 5.18. The number of nitrogens with two attached hydrogens (primary N) is 1. The molecule has 4 rings (SSSR count). The number of ether oxygens (including phenoxy) is 1. The van der Waals surface area contributed by atoms with E-state index in [1.165, 1.54) is 0 Å². The normalized spacial score (nSPS) is 18.8. The van der Waals surface area contributed by atoms with Crippen LogP contribution < -0.4 is 5.73 Å². The number of nitrogens with zero attached hydrogens (tertiary/aromatic N) is 6. The topological polar surface area (TPSA) is 107 Å². The van der Waals surface area contributed by atoms with Crippen molar-refractivity contribution in [1.82, 2.24) is 29.2 Å². The van der Waals surface area contributed by atoms with Crippen molar-refractivity contribution >= 4 is 18.5 Å². The summed E-state index contributed by atoms with van der Waals surface area (Å²) in [7, 11) is 1.34. The Balaban J connectivity index is 1.75. The van der Waals surface area contributed by atoms with E-state index in [0.717, 1.165) is 16.8 Å². The molecule has 3 aromatic rings. The summed E-state index contributed by atoms with van der Waals surface area (Å²) in [5.41, 5.74) is 9.37. The number of nitrogen functional groups attached to an aromatic ring is 1. The zero-order chi connectivity index (χ0) is 17.6. The molecule has 1 unspecified atom stereocenters. The van der Waals surface area contributed by atoms with Crippen molar-refractivity contribution in [3.63, 3.8) is 0 Å². The van der Waals surface area contributed by atoms with Gasteiger partial charge in [0.1, 0.15) is 11.9 Å². The fourth-order valence-electron chi connectivity index (χ4n) is 3.12. The molecule has 3 aromatic heterocycles. The molecule has 0 aromatic carbocycles. The van der Waals surface area contributed by atoms with E-state index in [4.69, 9.17) is 15.5 Å². The summed E-state index contributed by atoms with van der Waals surface area (Å²) in [5.74, 6) is 0.493. The zero-order valence-corrected chi connectivity index (χ0v) is 14.2. The second kappa shape index (κ2) is 6.14.